The van der Waals surface area contributed by atoms with Crippen LogP contribution in [0.15, 0.2) is 24.3 Å². The second-order valence-electron chi connectivity index (χ2n) is 9.65. The predicted octanol–water partition coefficient (Wildman–Crippen LogP) is 3.53. The highest BCUT2D eigenvalue weighted by Crippen LogP contribution is 2.39. The van der Waals surface area contributed by atoms with Gasteiger partial charge in [0.2, 0.25) is 5.91 Å². The summed E-state index contributed by atoms with van der Waals surface area (Å²) in [6.45, 7) is 5.22. The second kappa shape index (κ2) is 8.65. The Labute approximate surface area is 176 Å². The van der Waals surface area contributed by atoms with Gasteiger partial charge in [0, 0.05) is 24.2 Å². The Hall–Kier alpha value is -1.59. The maximum Gasteiger partial charge on any atom is 0.237 e. The first-order valence-electron chi connectivity index (χ1n) is 11.4. The van der Waals surface area contributed by atoms with Crippen molar-refractivity contribution in [3.63, 3.8) is 0 Å². The predicted molar refractivity (Wildman–Crippen MR) is 116 cm³/mol. The molecule has 5 heteroatoms. The van der Waals surface area contributed by atoms with Gasteiger partial charge in [0.25, 0.3) is 0 Å². The third kappa shape index (κ3) is 4.61. The zero-order chi connectivity index (χ0) is 20.4. The van der Waals surface area contributed by atoms with Crippen LogP contribution < -0.4 is 4.74 Å². The van der Waals surface area contributed by atoms with Crippen molar-refractivity contribution < 1.29 is 9.53 Å². The molecule has 1 saturated carbocycles. The summed E-state index contributed by atoms with van der Waals surface area (Å²) in [5.74, 6) is 1.23. The minimum atomic E-state index is -0.248. The van der Waals surface area contributed by atoms with Gasteiger partial charge in [-0.1, -0.05) is 24.6 Å². The summed E-state index contributed by atoms with van der Waals surface area (Å²) in [7, 11) is 4.34. The average Bonchev–Trinajstić information content (AvgIpc) is 2.86. The Morgan fingerprint density at radius 2 is 1.93 bits per heavy atom. The molecule has 1 aliphatic carbocycles. The average molecular weight is 400 g/mol. The summed E-state index contributed by atoms with van der Waals surface area (Å²) < 4.78 is 6.68. The van der Waals surface area contributed by atoms with Gasteiger partial charge < -0.3 is 14.5 Å². The highest BCUT2D eigenvalue weighted by Gasteiger charge is 2.42. The lowest BCUT2D eigenvalue weighted by Gasteiger charge is -2.43. The van der Waals surface area contributed by atoms with E-state index in [1.807, 2.05) is 6.07 Å². The van der Waals surface area contributed by atoms with E-state index in [0.29, 0.717) is 31.7 Å². The lowest BCUT2D eigenvalue weighted by molar-refractivity contribution is -0.137. The SMILES string of the molecule is C[C@@H]1CCCCN1CC(=O)N1Cc2ccccc2OC2(CCC(N(C)C)CC2)C1. The fourth-order valence-corrected chi connectivity index (χ4v) is 5.36. The van der Waals surface area contributed by atoms with Crippen LogP contribution in [0.25, 0.3) is 0 Å². The standard InChI is InChI=1S/C24H37N3O2/c1-19-8-6-7-15-26(19)17-23(28)27-16-20-9-4-5-10-22(20)29-24(18-27)13-11-21(12-14-24)25(2)3/h4-5,9-10,19,21H,6-8,11-18H2,1-3H3/t19-,21?,24?/m1/s1. The van der Waals surface area contributed by atoms with Crippen LogP contribution in [0.5, 0.6) is 5.75 Å². The van der Waals surface area contributed by atoms with Crippen molar-refractivity contribution in [3.05, 3.63) is 29.8 Å². The van der Waals surface area contributed by atoms with Gasteiger partial charge in [-0.2, -0.15) is 0 Å². The molecule has 2 fully saturated rings. The molecule has 1 atom stereocenters. The Balaban J connectivity index is 1.53. The fraction of sp³-hybridized carbons (Fsp3) is 0.708. The molecule has 0 bridgehead atoms. The maximum absolute atomic E-state index is 13.4. The molecule has 4 rings (SSSR count). The molecule has 1 aromatic carbocycles. The molecule has 160 valence electrons. The zero-order valence-corrected chi connectivity index (χ0v) is 18.4. The number of rotatable bonds is 3. The first-order chi connectivity index (χ1) is 14.0. The van der Waals surface area contributed by atoms with E-state index in [9.17, 15) is 4.79 Å². The Morgan fingerprint density at radius 3 is 2.66 bits per heavy atom. The maximum atomic E-state index is 13.4. The number of carbonyl (C=O) groups is 1. The number of likely N-dealkylation sites (tertiary alicyclic amines) is 1. The van der Waals surface area contributed by atoms with Crippen molar-refractivity contribution in [2.24, 2.45) is 0 Å². The summed E-state index contributed by atoms with van der Waals surface area (Å²) in [6, 6.07) is 9.41. The quantitative estimate of drug-likeness (QED) is 0.779. The molecule has 2 heterocycles. The van der Waals surface area contributed by atoms with E-state index in [0.717, 1.165) is 43.5 Å². The molecule has 1 aromatic rings. The van der Waals surface area contributed by atoms with Gasteiger partial charge in [0.05, 0.1) is 13.1 Å². The molecular weight excluding hydrogens is 362 g/mol. The largest absolute Gasteiger partial charge is 0.485 e. The van der Waals surface area contributed by atoms with Crippen LogP contribution in [-0.4, -0.2) is 72.0 Å². The molecule has 0 aromatic heterocycles. The molecule has 1 saturated heterocycles. The van der Waals surface area contributed by atoms with Gasteiger partial charge in [-0.3, -0.25) is 9.69 Å². The molecule has 1 amide bonds. The van der Waals surface area contributed by atoms with Crippen LogP contribution in [0.1, 0.15) is 57.4 Å². The number of amides is 1. The Bertz CT molecular complexity index is 712. The van der Waals surface area contributed by atoms with Crippen molar-refractivity contribution in [1.82, 2.24) is 14.7 Å². The smallest absolute Gasteiger partial charge is 0.237 e. The van der Waals surface area contributed by atoms with E-state index in [4.69, 9.17) is 4.74 Å². The summed E-state index contributed by atoms with van der Waals surface area (Å²) in [4.78, 5) is 20.2. The number of ether oxygens (including phenoxy) is 1. The van der Waals surface area contributed by atoms with Gasteiger partial charge in [0.1, 0.15) is 11.4 Å². The lowest BCUT2D eigenvalue weighted by Crippen LogP contribution is -2.53. The molecule has 2 aliphatic heterocycles. The van der Waals surface area contributed by atoms with Crippen LogP contribution in [0.4, 0.5) is 0 Å². The van der Waals surface area contributed by atoms with Crippen LogP contribution in [0.2, 0.25) is 0 Å². The number of fused-ring (bicyclic) bond motifs is 1. The van der Waals surface area contributed by atoms with E-state index in [1.54, 1.807) is 0 Å². The summed E-state index contributed by atoms with van der Waals surface area (Å²) in [5.41, 5.74) is 0.890. The summed E-state index contributed by atoms with van der Waals surface area (Å²) in [6.07, 6.45) is 7.96. The lowest BCUT2D eigenvalue weighted by atomic mass is 9.81. The molecule has 29 heavy (non-hydrogen) atoms. The number of para-hydroxylation sites is 1. The highest BCUT2D eigenvalue weighted by atomic mass is 16.5. The normalized spacial score (nSPS) is 30.7. The summed E-state index contributed by atoms with van der Waals surface area (Å²) in [5, 5.41) is 0. The van der Waals surface area contributed by atoms with Crippen molar-refractivity contribution in [1.29, 1.82) is 0 Å². The molecule has 0 radical (unpaired) electrons. The number of piperidine rings is 1. The highest BCUT2D eigenvalue weighted by molar-refractivity contribution is 5.78. The number of hydrogen-bond donors (Lipinski definition) is 0. The number of benzene rings is 1. The fourth-order valence-electron chi connectivity index (χ4n) is 5.36. The second-order valence-corrected chi connectivity index (χ2v) is 9.65. The zero-order valence-electron chi connectivity index (χ0n) is 18.4. The minimum absolute atomic E-state index is 0.248. The van der Waals surface area contributed by atoms with Gasteiger partial charge in [0.15, 0.2) is 0 Å². The first-order valence-corrected chi connectivity index (χ1v) is 11.4. The van der Waals surface area contributed by atoms with Crippen molar-refractivity contribution in [2.45, 2.75) is 76.1 Å². The van der Waals surface area contributed by atoms with Crippen LogP contribution in [0, 0.1) is 0 Å². The van der Waals surface area contributed by atoms with Gasteiger partial charge in [-0.05, 0) is 72.2 Å². The number of nitrogens with zero attached hydrogens (tertiary/aromatic N) is 3. The van der Waals surface area contributed by atoms with E-state index in [2.05, 4.69) is 53.9 Å². The molecule has 5 nitrogen and oxygen atoms in total. The Kier molecular flexibility index (Phi) is 6.16. The Morgan fingerprint density at radius 1 is 1.17 bits per heavy atom. The molecule has 1 spiro atoms. The molecule has 0 unspecified atom stereocenters. The third-order valence-corrected chi connectivity index (χ3v) is 7.37. The monoisotopic (exact) mass is 399 g/mol. The van der Waals surface area contributed by atoms with Gasteiger partial charge in [-0.15, -0.1) is 0 Å². The van der Waals surface area contributed by atoms with E-state index >= 15 is 0 Å². The van der Waals surface area contributed by atoms with Gasteiger partial charge >= 0.3 is 0 Å². The van der Waals surface area contributed by atoms with Crippen LogP contribution >= 0.6 is 0 Å². The molecule has 0 N–H and O–H groups in total. The molecular formula is C24H37N3O2. The number of carbonyl (C=O) groups excluding carboxylic acids is 1. The minimum Gasteiger partial charge on any atom is -0.485 e. The third-order valence-electron chi connectivity index (χ3n) is 7.37. The van der Waals surface area contributed by atoms with E-state index in [1.165, 1.54) is 19.3 Å². The van der Waals surface area contributed by atoms with Crippen LogP contribution in [-0.2, 0) is 11.3 Å². The molecule has 3 aliphatic rings. The topological polar surface area (TPSA) is 36.0 Å². The van der Waals surface area contributed by atoms with Gasteiger partial charge in [-0.25, -0.2) is 0 Å². The summed E-state index contributed by atoms with van der Waals surface area (Å²) >= 11 is 0. The van der Waals surface area contributed by atoms with Crippen molar-refractivity contribution in [2.75, 3.05) is 33.7 Å². The van der Waals surface area contributed by atoms with Crippen LogP contribution in [0.3, 0.4) is 0 Å². The van der Waals surface area contributed by atoms with E-state index < -0.39 is 0 Å². The van der Waals surface area contributed by atoms with Crippen molar-refractivity contribution in [3.8, 4) is 5.75 Å². The van der Waals surface area contributed by atoms with E-state index in [-0.39, 0.29) is 11.5 Å². The first kappa shape index (κ1) is 20.7. The van der Waals surface area contributed by atoms with Crippen molar-refractivity contribution >= 4 is 5.91 Å². The number of hydrogen-bond acceptors (Lipinski definition) is 4.